The standard InChI is InChI=1S/C25H27NO2/c1-14-5-3-4-6-21(14)26-15(2)22-20-7-8-27-24(20)28-23(22)25(26)18-10-16-9-17(12-18)13-19(25)11-16/h3-8,15-19H,9-13H2,1-2H3. The minimum Gasteiger partial charge on any atom is -0.433 e. The SMILES string of the molecule is Cc1ccccc1N1C(C)c2c(oc3occc23)C12C1CC3CC(C1)CC2C3. The zero-order chi connectivity index (χ0) is 18.6. The first-order valence-electron chi connectivity index (χ1n) is 11.0. The van der Waals surface area contributed by atoms with Gasteiger partial charge in [-0.2, -0.15) is 0 Å². The molecule has 0 amide bonds. The number of nitrogens with zero attached hydrogens (tertiary/aromatic N) is 1. The normalized spacial score (nSPS) is 38.1. The first-order chi connectivity index (χ1) is 13.7. The fourth-order valence-corrected chi connectivity index (χ4v) is 8.02. The van der Waals surface area contributed by atoms with Crippen molar-refractivity contribution in [3.8, 4) is 0 Å². The van der Waals surface area contributed by atoms with Crippen molar-refractivity contribution in [1.29, 1.82) is 0 Å². The molecule has 1 aliphatic heterocycles. The van der Waals surface area contributed by atoms with Gasteiger partial charge in [-0.25, -0.2) is 0 Å². The van der Waals surface area contributed by atoms with E-state index in [1.165, 1.54) is 60.1 Å². The Labute approximate surface area is 165 Å². The molecule has 0 saturated heterocycles. The average molecular weight is 373 g/mol. The summed E-state index contributed by atoms with van der Waals surface area (Å²) in [5.74, 6) is 5.24. The first-order valence-corrected chi connectivity index (χ1v) is 11.0. The molecule has 3 nitrogen and oxygen atoms in total. The molecule has 3 heteroatoms. The molecule has 4 bridgehead atoms. The Morgan fingerprint density at radius 2 is 1.68 bits per heavy atom. The smallest absolute Gasteiger partial charge is 0.297 e. The fraction of sp³-hybridized carbons (Fsp3) is 0.520. The molecule has 4 saturated carbocycles. The highest BCUT2D eigenvalue weighted by molar-refractivity contribution is 5.83. The molecule has 28 heavy (non-hydrogen) atoms. The molecule has 2 aromatic heterocycles. The van der Waals surface area contributed by atoms with Crippen LogP contribution in [0.3, 0.4) is 0 Å². The summed E-state index contributed by atoms with van der Waals surface area (Å²) in [5, 5.41) is 1.19. The third-order valence-corrected chi connectivity index (χ3v) is 8.68. The summed E-state index contributed by atoms with van der Waals surface area (Å²) < 4.78 is 12.3. The van der Waals surface area contributed by atoms with Crippen molar-refractivity contribution in [2.75, 3.05) is 4.90 Å². The zero-order valence-electron chi connectivity index (χ0n) is 16.7. The molecule has 1 unspecified atom stereocenters. The Balaban J connectivity index is 1.54. The number of hydrogen-bond donors (Lipinski definition) is 0. The maximum atomic E-state index is 6.58. The molecule has 0 radical (unpaired) electrons. The van der Waals surface area contributed by atoms with Crippen LogP contribution in [0.1, 0.15) is 62.0 Å². The second-order valence-corrected chi connectivity index (χ2v) is 9.93. The Bertz CT molecular complexity index is 1060. The lowest BCUT2D eigenvalue weighted by atomic mass is 9.48. The Kier molecular flexibility index (Phi) is 2.84. The van der Waals surface area contributed by atoms with Crippen molar-refractivity contribution in [3.63, 3.8) is 0 Å². The number of fused-ring (bicyclic) bond motifs is 3. The minimum atomic E-state index is 0.00975. The van der Waals surface area contributed by atoms with Crippen LogP contribution in [0.4, 0.5) is 5.69 Å². The number of anilines is 1. The number of hydrogen-bond acceptors (Lipinski definition) is 3. The van der Waals surface area contributed by atoms with Gasteiger partial charge in [0, 0.05) is 11.3 Å². The molecule has 5 aliphatic rings. The number of furan rings is 2. The summed E-state index contributed by atoms with van der Waals surface area (Å²) in [7, 11) is 0. The van der Waals surface area contributed by atoms with Gasteiger partial charge in [0.05, 0.1) is 17.7 Å². The molecule has 144 valence electrons. The van der Waals surface area contributed by atoms with Crippen LogP contribution in [0.15, 0.2) is 45.4 Å². The van der Waals surface area contributed by atoms with Gasteiger partial charge in [0.25, 0.3) is 5.78 Å². The van der Waals surface area contributed by atoms with E-state index in [1.807, 2.05) is 0 Å². The fourth-order valence-electron chi connectivity index (χ4n) is 8.02. The average Bonchev–Trinajstić information content (AvgIpc) is 3.31. The van der Waals surface area contributed by atoms with E-state index < -0.39 is 0 Å². The van der Waals surface area contributed by atoms with Crippen LogP contribution >= 0.6 is 0 Å². The topological polar surface area (TPSA) is 29.5 Å². The summed E-state index contributed by atoms with van der Waals surface area (Å²) in [6.07, 6.45) is 8.71. The van der Waals surface area contributed by atoms with Gasteiger partial charge in [0.15, 0.2) is 0 Å². The van der Waals surface area contributed by atoms with E-state index >= 15 is 0 Å². The Hall–Kier alpha value is -2.16. The molecule has 3 heterocycles. The lowest BCUT2D eigenvalue weighted by Crippen LogP contribution is -2.62. The van der Waals surface area contributed by atoms with Crippen LogP contribution in [-0.2, 0) is 5.54 Å². The molecular weight excluding hydrogens is 346 g/mol. The predicted octanol–water partition coefficient (Wildman–Crippen LogP) is 6.57. The van der Waals surface area contributed by atoms with Gasteiger partial charge in [-0.3, -0.25) is 0 Å². The number of benzene rings is 1. The monoisotopic (exact) mass is 373 g/mol. The number of aryl methyl sites for hydroxylation is 1. The van der Waals surface area contributed by atoms with E-state index in [-0.39, 0.29) is 5.54 Å². The molecule has 1 aromatic carbocycles. The first kappa shape index (κ1) is 15.7. The van der Waals surface area contributed by atoms with Crippen molar-refractivity contribution >= 4 is 16.9 Å². The van der Waals surface area contributed by atoms with Crippen LogP contribution < -0.4 is 4.90 Å². The molecule has 3 aromatic rings. The third kappa shape index (κ3) is 1.65. The van der Waals surface area contributed by atoms with Crippen LogP contribution in [0.5, 0.6) is 0 Å². The summed E-state index contributed by atoms with van der Waals surface area (Å²) in [6.45, 7) is 4.65. The third-order valence-electron chi connectivity index (χ3n) is 8.68. The Morgan fingerprint density at radius 1 is 0.964 bits per heavy atom. The molecule has 1 atom stereocenters. The second kappa shape index (κ2) is 5.06. The number of para-hydroxylation sites is 1. The highest BCUT2D eigenvalue weighted by atomic mass is 16.5. The largest absolute Gasteiger partial charge is 0.433 e. The van der Waals surface area contributed by atoms with Crippen LogP contribution in [-0.4, -0.2) is 0 Å². The van der Waals surface area contributed by atoms with Crippen molar-refractivity contribution in [2.24, 2.45) is 23.7 Å². The van der Waals surface area contributed by atoms with E-state index in [0.717, 1.165) is 17.6 Å². The number of rotatable bonds is 1. The van der Waals surface area contributed by atoms with E-state index in [4.69, 9.17) is 8.83 Å². The molecule has 4 fully saturated rings. The van der Waals surface area contributed by atoms with Gasteiger partial charge in [0.1, 0.15) is 11.3 Å². The predicted molar refractivity (Wildman–Crippen MR) is 109 cm³/mol. The van der Waals surface area contributed by atoms with E-state index in [0.29, 0.717) is 17.9 Å². The maximum Gasteiger partial charge on any atom is 0.297 e. The maximum absolute atomic E-state index is 6.58. The van der Waals surface area contributed by atoms with E-state index in [1.54, 1.807) is 6.26 Å². The quantitative estimate of drug-likeness (QED) is 0.483. The molecule has 0 N–H and O–H groups in total. The van der Waals surface area contributed by atoms with Gasteiger partial charge in [-0.15, -0.1) is 0 Å². The van der Waals surface area contributed by atoms with E-state index in [2.05, 4.69) is 49.1 Å². The highest BCUT2D eigenvalue weighted by Gasteiger charge is 2.67. The lowest BCUT2D eigenvalue weighted by molar-refractivity contribution is -0.0682. The van der Waals surface area contributed by atoms with Gasteiger partial charge >= 0.3 is 0 Å². The Morgan fingerprint density at radius 3 is 2.39 bits per heavy atom. The van der Waals surface area contributed by atoms with Gasteiger partial charge in [0.2, 0.25) is 0 Å². The molecule has 4 aliphatic carbocycles. The van der Waals surface area contributed by atoms with Gasteiger partial charge in [-0.1, -0.05) is 18.2 Å². The van der Waals surface area contributed by atoms with Crippen molar-refractivity contribution < 1.29 is 8.83 Å². The highest BCUT2D eigenvalue weighted by Crippen LogP contribution is 2.69. The van der Waals surface area contributed by atoms with Crippen molar-refractivity contribution in [1.82, 2.24) is 0 Å². The van der Waals surface area contributed by atoms with Crippen LogP contribution in [0, 0.1) is 30.6 Å². The summed E-state index contributed by atoms with van der Waals surface area (Å²) >= 11 is 0. The summed E-state index contributed by atoms with van der Waals surface area (Å²) in [6, 6.07) is 11.4. The summed E-state index contributed by atoms with van der Waals surface area (Å²) in [4.78, 5) is 2.79. The van der Waals surface area contributed by atoms with Crippen LogP contribution in [0.2, 0.25) is 0 Å². The van der Waals surface area contributed by atoms with E-state index in [9.17, 15) is 0 Å². The molecule has 8 rings (SSSR count). The lowest BCUT2D eigenvalue weighted by Gasteiger charge is -2.63. The molecule has 1 spiro atoms. The van der Waals surface area contributed by atoms with Crippen LogP contribution in [0.25, 0.3) is 11.2 Å². The second-order valence-electron chi connectivity index (χ2n) is 9.93. The minimum absolute atomic E-state index is 0.00975. The summed E-state index contributed by atoms with van der Waals surface area (Å²) in [5.41, 5.74) is 4.16. The van der Waals surface area contributed by atoms with Crippen molar-refractivity contribution in [2.45, 2.75) is 57.5 Å². The van der Waals surface area contributed by atoms with Gasteiger partial charge in [-0.05, 0) is 87.3 Å². The zero-order valence-corrected chi connectivity index (χ0v) is 16.7. The van der Waals surface area contributed by atoms with Gasteiger partial charge < -0.3 is 13.7 Å². The molecular formula is C25H27NO2. The van der Waals surface area contributed by atoms with Crippen molar-refractivity contribution in [3.05, 3.63) is 53.5 Å².